The van der Waals surface area contributed by atoms with E-state index in [0.717, 1.165) is 6.42 Å². The molecular formula is C15H22N2O5. The van der Waals surface area contributed by atoms with Crippen LogP contribution in [-0.2, 0) is 9.59 Å². The third-order valence-electron chi connectivity index (χ3n) is 3.12. The van der Waals surface area contributed by atoms with Gasteiger partial charge in [0.15, 0.2) is 11.5 Å². The van der Waals surface area contributed by atoms with Crippen molar-refractivity contribution in [1.29, 1.82) is 0 Å². The minimum Gasteiger partial charge on any atom is -0.493 e. The predicted octanol–water partition coefficient (Wildman–Crippen LogP) is 1.57. The minimum atomic E-state index is -0.755. The van der Waals surface area contributed by atoms with Gasteiger partial charge >= 0.3 is 11.8 Å². The van der Waals surface area contributed by atoms with Gasteiger partial charge in [-0.15, -0.1) is 0 Å². The Morgan fingerprint density at radius 2 is 1.59 bits per heavy atom. The van der Waals surface area contributed by atoms with E-state index in [4.69, 9.17) is 14.2 Å². The number of hydrogen-bond acceptors (Lipinski definition) is 5. The zero-order valence-electron chi connectivity index (χ0n) is 13.5. The Bertz CT molecular complexity index is 520. The molecule has 122 valence electrons. The van der Waals surface area contributed by atoms with Gasteiger partial charge in [0.1, 0.15) is 0 Å². The van der Waals surface area contributed by atoms with Crippen molar-refractivity contribution in [2.45, 2.75) is 26.3 Å². The Morgan fingerprint density at radius 3 is 2.00 bits per heavy atom. The maximum Gasteiger partial charge on any atom is 0.313 e. The molecule has 7 nitrogen and oxygen atoms in total. The van der Waals surface area contributed by atoms with Crippen LogP contribution in [0, 0.1) is 0 Å². The quantitative estimate of drug-likeness (QED) is 0.779. The monoisotopic (exact) mass is 310 g/mol. The van der Waals surface area contributed by atoms with Crippen LogP contribution in [0.4, 0.5) is 5.69 Å². The molecule has 0 saturated carbocycles. The molecule has 1 aromatic rings. The summed E-state index contributed by atoms with van der Waals surface area (Å²) in [6.07, 6.45) is 0.739. The lowest BCUT2D eigenvalue weighted by Gasteiger charge is -2.15. The van der Waals surface area contributed by atoms with Crippen molar-refractivity contribution in [3.63, 3.8) is 0 Å². The van der Waals surface area contributed by atoms with Gasteiger partial charge in [-0.2, -0.15) is 0 Å². The van der Waals surface area contributed by atoms with E-state index in [0.29, 0.717) is 22.9 Å². The maximum atomic E-state index is 11.9. The molecule has 0 aliphatic heterocycles. The fourth-order valence-corrected chi connectivity index (χ4v) is 1.73. The number of rotatable bonds is 6. The zero-order chi connectivity index (χ0) is 16.7. The largest absolute Gasteiger partial charge is 0.493 e. The van der Waals surface area contributed by atoms with E-state index in [1.54, 1.807) is 12.1 Å². The molecule has 2 N–H and O–H groups in total. The number of carbonyl (C=O) groups is 2. The van der Waals surface area contributed by atoms with Crippen molar-refractivity contribution in [2.24, 2.45) is 0 Å². The smallest absolute Gasteiger partial charge is 0.313 e. The number of nitrogens with one attached hydrogen (secondary N) is 2. The van der Waals surface area contributed by atoms with E-state index in [1.807, 2.05) is 13.8 Å². The number of hydrogen-bond donors (Lipinski definition) is 2. The van der Waals surface area contributed by atoms with Crippen LogP contribution in [0.5, 0.6) is 17.2 Å². The maximum absolute atomic E-state index is 11.9. The molecule has 0 fully saturated rings. The minimum absolute atomic E-state index is 0.0711. The van der Waals surface area contributed by atoms with Crippen LogP contribution in [0.2, 0.25) is 0 Å². The molecule has 1 aromatic carbocycles. The van der Waals surface area contributed by atoms with Gasteiger partial charge in [-0.25, -0.2) is 0 Å². The van der Waals surface area contributed by atoms with Gasteiger partial charge in [-0.1, -0.05) is 6.92 Å². The molecule has 0 bridgehead atoms. The van der Waals surface area contributed by atoms with Crippen LogP contribution in [0.25, 0.3) is 0 Å². The Kier molecular flexibility index (Phi) is 6.49. The summed E-state index contributed by atoms with van der Waals surface area (Å²) in [7, 11) is 4.43. The van der Waals surface area contributed by atoms with E-state index in [9.17, 15) is 9.59 Å². The summed E-state index contributed by atoms with van der Waals surface area (Å²) in [5, 5.41) is 5.10. The summed E-state index contributed by atoms with van der Waals surface area (Å²) < 4.78 is 15.6. The topological polar surface area (TPSA) is 85.9 Å². The number of amides is 2. The number of ether oxygens (including phenoxy) is 3. The predicted molar refractivity (Wildman–Crippen MR) is 82.6 cm³/mol. The van der Waals surface area contributed by atoms with Gasteiger partial charge in [0.2, 0.25) is 5.75 Å². The summed E-state index contributed by atoms with van der Waals surface area (Å²) in [6.45, 7) is 3.74. The molecule has 1 rings (SSSR count). The summed E-state index contributed by atoms with van der Waals surface area (Å²) in [5.74, 6) is -0.260. The van der Waals surface area contributed by atoms with E-state index in [-0.39, 0.29) is 6.04 Å². The highest BCUT2D eigenvalue weighted by Crippen LogP contribution is 2.39. The van der Waals surface area contributed by atoms with Crippen molar-refractivity contribution < 1.29 is 23.8 Å². The Labute approximate surface area is 129 Å². The van der Waals surface area contributed by atoms with Gasteiger partial charge in [-0.05, 0) is 13.3 Å². The molecule has 7 heteroatoms. The normalized spacial score (nSPS) is 11.3. The summed E-state index contributed by atoms with van der Waals surface area (Å²) in [5.41, 5.74) is 0.374. The molecule has 22 heavy (non-hydrogen) atoms. The molecule has 0 aliphatic rings. The Hall–Kier alpha value is -2.44. The summed E-state index contributed by atoms with van der Waals surface area (Å²) in [4.78, 5) is 23.6. The third kappa shape index (κ3) is 4.28. The third-order valence-corrected chi connectivity index (χ3v) is 3.12. The van der Waals surface area contributed by atoms with Gasteiger partial charge in [0.05, 0.1) is 21.3 Å². The molecule has 0 aromatic heterocycles. The van der Waals surface area contributed by atoms with Crippen LogP contribution in [0.1, 0.15) is 20.3 Å². The van der Waals surface area contributed by atoms with Crippen molar-refractivity contribution in [3.05, 3.63) is 12.1 Å². The highest BCUT2D eigenvalue weighted by Gasteiger charge is 2.18. The first-order chi connectivity index (χ1) is 10.5. The van der Waals surface area contributed by atoms with Crippen molar-refractivity contribution in [2.75, 3.05) is 26.6 Å². The molecule has 2 amide bonds. The van der Waals surface area contributed by atoms with Crippen LogP contribution in [0.3, 0.4) is 0 Å². The first-order valence-corrected chi connectivity index (χ1v) is 6.88. The molecule has 0 heterocycles. The zero-order valence-corrected chi connectivity index (χ0v) is 13.5. The number of anilines is 1. The SMILES string of the molecule is CCC(C)NC(=O)C(=O)Nc1cc(OC)c(OC)c(OC)c1. The van der Waals surface area contributed by atoms with Crippen LogP contribution >= 0.6 is 0 Å². The van der Waals surface area contributed by atoms with Gasteiger partial charge in [0, 0.05) is 23.9 Å². The van der Waals surface area contributed by atoms with Gasteiger partial charge < -0.3 is 24.8 Å². The standard InChI is InChI=1S/C15H22N2O5/c1-6-9(2)16-14(18)15(19)17-10-7-11(20-3)13(22-5)12(8-10)21-4/h7-9H,6H2,1-5H3,(H,16,18)(H,17,19). The van der Waals surface area contributed by atoms with Crippen molar-refractivity contribution >= 4 is 17.5 Å². The average molecular weight is 310 g/mol. The molecule has 0 spiro atoms. The number of carbonyl (C=O) groups excluding carboxylic acids is 2. The van der Waals surface area contributed by atoms with E-state index < -0.39 is 11.8 Å². The van der Waals surface area contributed by atoms with Gasteiger partial charge in [-0.3, -0.25) is 9.59 Å². The van der Waals surface area contributed by atoms with E-state index in [1.165, 1.54) is 21.3 Å². The number of methoxy groups -OCH3 is 3. The molecule has 0 radical (unpaired) electrons. The second-order valence-electron chi connectivity index (χ2n) is 4.65. The summed E-state index contributed by atoms with van der Waals surface area (Å²) in [6, 6.07) is 3.03. The number of benzene rings is 1. The Balaban J connectivity index is 2.93. The highest BCUT2D eigenvalue weighted by molar-refractivity contribution is 6.39. The lowest BCUT2D eigenvalue weighted by atomic mass is 10.2. The Morgan fingerprint density at radius 1 is 1.05 bits per heavy atom. The summed E-state index contributed by atoms with van der Waals surface area (Å²) >= 11 is 0. The van der Waals surface area contributed by atoms with Crippen molar-refractivity contribution in [3.8, 4) is 17.2 Å². The molecule has 1 unspecified atom stereocenters. The van der Waals surface area contributed by atoms with Crippen LogP contribution in [0.15, 0.2) is 12.1 Å². The first-order valence-electron chi connectivity index (χ1n) is 6.88. The molecule has 0 saturated heterocycles. The average Bonchev–Trinajstić information content (AvgIpc) is 2.53. The second kappa shape index (κ2) is 8.11. The lowest BCUT2D eigenvalue weighted by Crippen LogP contribution is -2.40. The fourth-order valence-electron chi connectivity index (χ4n) is 1.73. The van der Waals surface area contributed by atoms with E-state index >= 15 is 0 Å². The first kappa shape index (κ1) is 17.6. The van der Waals surface area contributed by atoms with Gasteiger partial charge in [0.25, 0.3) is 0 Å². The van der Waals surface area contributed by atoms with E-state index in [2.05, 4.69) is 10.6 Å². The second-order valence-corrected chi connectivity index (χ2v) is 4.65. The fraction of sp³-hybridized carbons (Fsp3) is 0.467. The highest BCUT2D eigenvalue weighted by atomic mass is 16.5. The van der Waals surface area contributed by atoms with Crippen molar-refractivity contribution in [1.82, 2.24) is 5.32 Å². The molecular weight excluding hydrogens is 288 g/mol. The van der Waals surface area contributed by atoms with Crippen LogP contribution in [-0.4, -0.2) is 39.2 Å². The molecule has 0 aliphatic carbocycles. The lowest BCUT2D eigenvalue weighted by molar-refractivity contribution is -0.136. The van der Waals surface area contributed by atoms with Crippen LogP contribution < -0.4 is 24.8 Å². The molecule has 1 atom stereocenters.